The van der Waals surface area contributed by atoms with Crippen LogP contribution in [0, 0.1) is 0 Å². The van der Waals surface area contributed by atoms with Crippen molar-refractivity contribution in [2.45, 2.75) is 6.92 Å². The molecule has 7 heteroatoms. The first-order valence-electron chi connectivity index (χ1n) is 5.92. The molecule has 0 aliphatic carbocycles. The van der Waals surface area contributed by atoms with Gasteiger partial charge in [0.05, 0.1) is 23.5 Å². The lowest BCUT2D eigenvalue weighted by atomic mass is 10.1. The molecule has 0 saturated carbocycles. The van der Waals surface area contributed by atoms with Gasteiger partial charge in [0.25, 0.3) is 0 Å². The largest absolute Gasteiger partial charge is 0.462 e. The summed E-state index contributed by atoms with van der Waals surface area (Å²) in [7, 11) is 0. The molecule has 0 saturated heterocycles. The van der Waals surface area contributed by atoms with Crippen LogP contribution in [0.3, 0.4) is 0 Å². The zero-order valence-electron chi connectivity index (χ0n) is 10.8. The van der Waals surface area contributed by atoms with Crippen molar-refractivity contribution < 1.29 is 9.53 Å². The molecule has 0 bridgehead atoms. The summed E-state index contributed by atoms with van der Waals surface area (Å²) in [5.41, 5.74) is 7.25. The average Bonchev–Trinajstić information content (AvgIpc) is 2.43. The molecule has 1 aromatic heterocycles. The third kappa shape index (κ3) is 3.16. The van der Waals surface area contributed by atoms with Crippen molar-refractivity contribution in [2.24, 2.45) is 0 Å². The number of esters is 1. The standard InChI is InChI=1S/C13H13ClN4O2/c1-2-20-13(19)8-3-4-10(9(15)7-8)18-12-11(14)16-5-6-17-12/h3-7H,2,15H2,1H3,(H,17,18). The topological polar surface area (TPSA) is 90.1 Å². The van der Waals surface area contributed by atoms with Gasteiger partial charge in [-0.05, 0) is 25.1 Å². The van der Waals surface area contributed by atoms with Crippen molar-refractivity contribution in [1.82, 2.24) is 9.97 Å². The molecule has 104 valence electrons. The van der Waals surface area contributed by atoms with Crippen LogP contribution < -0.4 is 11.1 Å². The summed E-state index contributed by atoms with van der Waals surface area (Å²) in [6.07, 6.45) is 3.00. The zero-order chi connectivity index (χ0) is 14.5. The predicted octanol–water partition coefficient (Wildman–Crippen LogP) is 2.63. The van der Waals surface area contributed by atoms with Gasteiger partial charge in [-0.2, -0.15) is 0 Å². The van der Waals surface area contributed by atoms with Gasteiger partial charge in [0, 0.05) is 12.4 Å². The summed E-state index contributed by atoms with van der Waals surface area (Å²) >= 11 is 5.90. The van der Waals surface area contributed by atoms with Gasteiger partial charge in [0.15, 0.2) is 11.0 Å². The Morgan fingerprint density at radius 2 is 2.15 bits per heavy atom. The molecule has 20 heavy (non-hydrogen) atoms. The minimum absolute atomic E-state index is 0.237. The number of carbonyl (C=O) groups excluding carboxylic acids is 1. The van der Waals surface area contributed by atoms with Gasteiger partial charge in [0.1, 0.15) is 0 Å². The maximum Gasteiger partial charge on any atom is 0.338 e. The third-order valence-electron chi connectivity index (χ3n) is 2.47. The minimum atomic E-state index is -0.414. The molecule has 2 rings (SSSR count). The van der Waals surface area contributed by atoms with E-state index in [1.165, 1.54) is 18.5 Å². The number of aromatic nitrogens is 2. The number of benzene rings is 1. The SMILES string of the molecule is CCOC(=O)c1ccc(Nc2nccnc2Cl)c(N)c1. The van der Waals surface area contributed by atoms with Gasteiger partial charge in [-0.3, -0.25) is 0 Å². The van der Waals surface area contributed by atoms with Crippen molar-refractivity contribution in [3.63, 3.8) is 0 Å². The van der Waals surface area contributed by atoms with E-state index >= 15 is 0 Å². The lowest BCUT2D eigenvalue weighted by molar-refractivity contribution is 0.0526. The molecule has 0 amide bonds. The first kappa shape index (κ1) is 14.1. The van der Waals surface area contributed by atoms with Crippen LogP contribution in [0.25, 0.3) is 0 Å². The Balaban J connectivity index is 2.22. The van der Waals surface area contributed by atoms with Crippen LogP contribution in [-0.2, 0) is 4.74 Å². The summed E-state index contributed by atoms with van der Waals surface area (Å²) in [5.74, 6) is -0.0203. The molecule has 1 heterocycles. The van der Waals surface area contributed by atoms with E-state index in [-0.39, 0.29) is 5.15 Å². The van der Waals surface area contributed by atoms with Crippen LogP contribution in [-0.4, -0.2) is 22.5 Å². The Bertz CT molecular complexity index is 634. The fourth-order valence-electron chi connectivity index (χ4n) is 1.55. The second-order valence-electron chi connectivity index (χ2n) is 3.84. The first-order valence-corrected chi connectivity index (χ1v) is 6.29. The van der Waals surface area contributed by atoms with Crippen molar-refractivity contribution in [3.8, 4) is 0 Å². The summed E-state index contributed by atoms with van der Waals surface area (Å²) in [6, 6.07) is 4.80. The number of nitrogen functional groups attached to an aromatic ring is 1. The lowest BCUT2D eigenvalue weighted by Crippen LogP contribution is -2.06. The first-order chi connectivity index (χ1) is 9.61. The lowest BCUT2D eigenvalue weighted by Gasteiger charge is -2.10. The van der Waals surface area contributed by atoms with Gasteiger partial charge in [0.2, 0.25) is 0 Å². The van der Waals surface area contributed by atoms with E-state index in [9.17, 15) is 4.79 Å². The molecule has 0 atom stereocenters. The highest BCUT2D eigenvalue weighted by Gasteiger charge is 2.10. The summed E-state index contributed by atoms with van der Waals surface area (Å²) in [4.78, 5) is 19.5. The van der Waals surface area contributed by atoms with E-state index in [4.69, 9.17) is 22.1 Å². The molecular weight excluding hydrogens is 280 g/mol. The van der Waals surface area contributed by atoms with Crippen molar-refractivity contribution >= 4 is 34.8 Å². The van der Waals surface area contributed by atoms with Crippen LogP contribution in [0.2, 0.25) is 5.15 Å². The fraction of sp³-hybridized carbons (Fsp3) is 0.154. The highest BCUT2D eigenvalue weighted by molar-refractivity contribution is 6.31. The van der Waals surface area contributed by atoms with Crippen LogP contribution in [0.5, 0.6) is 0 Å². The summed E-state index contributed by atoms with van der Waals surface area (Å²) in [5, 5.41) is 3.19. The van der Waals surface area contributed by atoms with Crippen LogP contribution in [0.4, 0.5) is 17.2 Å². The molecular formula is C13H13ClN4O2. The molecule has 6 nitrogen and oxygen atoms in total. The molecule has 0 radical (unpaired) electrons. The molecule has 0 fully saturated rings. The Kier molecular flexibility index (Phi) is 4.37. The monoisotopic (exact) mass is 292 g/mol. The van der Waals surface area contributed by atoms with Gasteiger partial charge in [-0.25, -0.2) is 14.8 Å². The van der Waals surface area contributed by atoms with E-state index in [1.807, 2.05) is 0 Å². The predicted molar refractivity (Wildman–Crippen MR) is 77.1 cm³/mol. The van der Waals surface area contributed by atoms with Gasteiger partial charge >= 0.3 is 5.97 Å². The van der Waals surface area contributed by atoms with E-state index in [2.05, 4.69) is 15.3 Å². The normalized spacial score (nSPS) is 10.1. The number of rotatable bonds is 4. The Morgan fingerprint density at radius 3 is 2.80 bits per heavy atom. The van der Waals surface area contributed by atoms with E-state index in [0.717, 1.165) is 0 Å². The van der Waals surface area contributed by atoms with Crippen LogP contribution in [0.15, 0.2) is 30.6 Å². The van der Waals surface area contributed by atoms with E-state index < -0.39 is 5.97 Å². The fourth-order valence-corrected chi connectivity index (χ4v) is 1.70. The number of nitrogens with zero attached hydrogens (tertiary/aromatic N) is 2. The molecule has 3 N–H and O–H groups in total. The van der Waals surface area contributed by atoms with Crippen molar-refractivity contribution in [1.29, 1.82) is 0 Å². The van der Waals surface area contributed by atoms with Crippen LogP contribution >= 0.6 is 11.6 Å². The van der Waals surface area contributed by atoms with Gasteiger partial charge < -0.3 is 15.8 Å². The number of hydrogen-bond acceptors (Lipinski definition) is 6. The molecule has 1 aromatic carbocycles. The van der Waals surface area contributed by atoms with Gasteiger partial charge in [-0.15, -0.1) is 0 Å². The molecule has 2 aromatic rings. The Morgan fingerprint density at radius 1 is 1.40 bits per heavy atom. The van der Waals surface area contributed by atoms with Crippen molar-refractivity contribution in [3.05, 3.63) is 41.3 Å². The Labute approximate surface area is 120 Å². The third-order valence-corrected chi connectivity index (χ3v) is 2.75. The highest BCUT2D eigenvalue weighted by atomic mass is 35.5. The average molecular weight is 293 g/mol. The number of halogens is 1. The molecule has 0 spiro atoms. The quantitative estimate of drug-likeness (QED) is 0.665. The minimum Gasteiger partial charge on any atom is -0.462 e. The van der Waals surface area contributed by atoms with Crippen molar-refractivity contribution in [2.75, 3.05) is 17.7 Å². The number of anilines is 3. The maximum absolute atomic E-state index is 11.6. The number of ether oxygens (including phenoxy) is 1. The second-order valence-corrected chi connectivity index (χ2v) is 4.20. The Hall–Kier alpha value is -2.34. The molecule has 0 aliphatic heterocycles. The highest BCUT2D eigenvalue weighted by Crippen LogP contribution is 2.26. The summed E-state index contributed by atoms with van der Waals surface area (Å²) < 4.78 is 4.90. The molecule has 0 aliphatic rings. The second kappa shape index (κ2) is 6.21. The number of nitrogens with one attached hydrogen (secondary N) is 1. The maximum atomic E-state index is 11.6. The van der Waals surface area contributed by atoms with Crippen LogP contribution in [0.1, 0.15) is 17.3 Å². The smallest absolute Gasteiger partial charge is 0.338 e. The zero-order valence-corrected chi connectivity index (χ0v) is 11.5. The summed E-state index contributed by atoms with van der Waals surface area (Å²) in [6.45, 7) is 2.06. The molecule has 0 unspecified atom stereocenters. The van der Waals surface area contributed by atoms with E-state index in [1.54, 1.807) is 19.1 Å². The van der Waals surface area contributed by atoms with Gasteiger partial charge in [-0.1, -0.05) is 11.6 Å². The number of nitrogens with two attached hydrogens (primary N) is 1. The number of hydrogen-bond donors (Lipinski definition) is 2. The van der Waals surface area contributed by atoms with E-state index in [0.29, 0.717) is 29.4 Å². The number of carbonyl (C=O) groups is 1.